The molecule has 2 unspecified atom stereocenters. The highest BCUT2D eigenvalue weighted by molar-refractivity contribution is 6.42. The lowest BCUT2D eigenvalue weighted by atomic mass is 9.92. The van der Waals surface area contributed by atoms with Gasteiger partial charge in [0.25, 0.3) is 0 Å². The average molecular weight is 285 g/mol. The molecule has 0 amide bonds. The van der Waals surface area contributed by atoms with Crippen LogP contribution in [0.1, 0.15) is 31.2 Å². The molecule has 1 heterocycles. The molecule has 1 saturated heterocycles. The molecule has 0 spiro atoms. The van der Waals surface area contributed by atoms with Crippen LogP contribution in [0.2, 0.25) is 10.0 Å². The van der Waals surface area contributed by atoms with Gasteiger partial charge in [-0.1, -0.05) is 42.1 Å². The molecule has 0 radical (unpaired) electrons. The molecule has 2 N–H and O–H groups in total. The first kappa shape index (κ1) is 12.7. The number of rotatable bonds is 2. The number of fused-ring (bicyclic) bond motifs is 1. The van der Waals surface area contributed by atoms with Crippen LogP contribution in [-0.2, 0) is 6.42 Å². The second kappa shape index (κ2) is 5.38. The van der Waals surface area contributed by atoms with Crippen LogP contribution in [0.15, 0.2) is 18.2 Å². The minimum Gasteiger partial charge on any atom is -0.297 e. The van der Waals surface area contributed by atoms with Gasteiger partial charge in [-0.25, -0.2) is 0 Å². The molecule has 2 aliphatic rings. The first-order valence-electron chi connectivity index (χ1n) is 6.68. The molecule has 2 fully saturated rings. The summed E-state index contributed by atoms with van der Waals surface area (Å²) in [4.78, 5) is 0. The van der Waals surface area contributed by atoms with E-state index in [1.165, 1.54) is 31.2 Å². The number of hydrogen-bond donors (Lipinski definition) is 2. The van der Waals surface area contributed by atoms with Gasteiger partial charge in [0.15, 0.2) is 0 Å². The van der Waals surface area contributed by atoms with Crippen molar-refractivity contribution in [1.29, 1.82) is 0 Å². The lowest BCUT2D eigenvalue weighted by Gasteiger charge is -2.23. The van der Waals surface area contributed by atoms with Crippen molar-refractivity contribution >= 4 is 23.2 Å². The SMILES string of the molecule is Clc1ccc(CC2NC3CCCCC3N2)cc1Cl. The quantitative estimate of drug-likeness (QED) is 0.870. The fourth-order valence-electron chi connectivity index (χ4n) is 3.11. The topological polar surface area (TPSA) is 24.1 Å². The molecule has 0 bridgehead atoms. The Kier molecular flexibility index (Phi) is 3.81. The Bertz CT molecular complexity index is 422. The summed E-state index contributed by atoms with van der Waals surface area (Å²) >= 11 is 12.0. The Morgan fingerprint density at radius 2 is 1.67 bits per heavy atom. The summed E-state index contributed by atoms with van der Waals surface area (Å²) in [7, 11) is 0. The summed E-state index contributed by atoms with van der Waals surface area (Å²) in [5.74, 6) is 0. The Hall–Kier alpha value is -0.280. The minimum atomic E-state index is 0.371. The summed E-state index contributed by atoms with van der Waals surface area (Å²) in [6.45, 7) is 0. The summed E-state index contributed by atoms with van der Waals surface area (Å²) in [5, 5.41) is 8.65. The van der Waals surface area contributed by atoms with Gasteiger partial charge in [-0.05, 0) is 30.5 Å². The normalized spacial score (nSPS) is 31.3. The van der Waals surface area contributed by atoms with E-state index in [0.29, 0.717) is 28.3 Å². The zero-order valence-corrected chi connectivity index (χ0v) is 11.8. The molecule has 0 aromatic heterocycles. The smallest absolute Gasteiger partial charge is 0.0618 e. The third kappa shape index (κ3) is 2.67. The van der Waals surface area contributed by atoms with Crippen LogP contribution in [0.3, 0.4) is 0 Å². The van der Waals surface area contributed by atoms with Gasteiger partial charge >= 0.3 is 0 Å². The Labute approximate surface area is 118 Å². The van der Waals surface area contributed by atoms with Gasteiger partial charge in [-0.3, -0.25) is 10.6 Å². The van der Waals surface area contributed by atoms with Crippen LogP contribution in [0.4, 0.5) is 0 Å². The minimum absolute atomic E-state index is 0.371. The predicted octanol–water partition coefficient (Wildman–Crippen LogP) is 3.37. The van der Waals surface area contributed by atoms with E-state index in [2.05, 4.69) is 16.7 Å². The van der Waals surface area contributed by atoms with Gasteiger partial charge in [-0.15, -0.1) is 0 Å². The monoisotopic (exact) mass is 284 g/mol. The summed E-state index contributed by atoms with van der Waals surface area (Å²) < 4.78 is 0. The number of halogens is 2. The van der Waals surface area contributed by atoms with Crippen LogP contribution in [0.5, 0.6) is 0 Å². The molecule has 98 valence electrons. The Balaban J connectivity index is 1.64. The first-order valence-corrected chi connectivity index (χ1v) is 7.44. The van der Waals surface area contributed by atoms with E-state index in [-0.39, 0.29) is 0 Å². The third-order valence-electron chi connectivity index (χ3n) is 4.02. The second-order valence-corrected chi connectivity index (χ2v) is 6.15. The zero-order chi connectivity index (χ0) is 12.5. The highest BCUT2D eigenvalue weighted by Gasteiger charge is 2.34. The number of nitrogens with one attached hydrogen (secondary N) is 2. The molecule has 1 aromatic carbocycles. The van der Waals surface area contributed by atoms with Crippen molar-refractivity contribution in [3.8, 4) is 0 Å². The van der Waals surface area contributed by atoms with Gasteiger partial charge in [0.1, 0.15) is 0 Å². The maximum Gasteiger partial charge on any atom is 0.0618 e. The van der Waals surface area contributed by atoms with Crippen LogP contribution in [-0.4, -0.2) is 18.2 Å². The maximum atomic E-state index is 6.05. The summed E-state index contributed by atoms with van der Waals surface area (Å²) in [6, 6.07) is 7.22. The summed E-state index contributed by atoms with van der Waals surface area (Å²) in [5.41, 5.74) is 1.23. The molecule has 2 atom stereocenters. The highest BCUT2D eigenvalue weighted by atomic mass is 35.5. The maximum absolute atomic E-state index is 6.05. The standard InChI is InChI=1S/C14H18Cl2N2/c15-10-6-5-9(7-11(10)16)8-14-17-12-3-1-2-4-13(12)18-14/h5-7,12-14,17-18H,1-4,8H2. The number of hydrogen-bond acceptors (Lipinski definition) is 2. The lowest BCUT2D eigenvalue weighted by molar-refractivity contribution is 0.374. The van der Waals surface area contributed by atoms with Crippen molar-refractivity contribution in [3.05, 3.63) is 33.8 Å². The van der Waals surface area contributed by atoms with Crippen LogP contribution >= 0.6 is 23.2 Å². The van der Waals surface area contributed by atoms with Gasteiger partial charge in [0, 0.05) is 18.5 Å². The molecule has 18 heavy (non-hydrogen) atoms. The predicted molar refractivity (Wildman–Crippen MR) is 76.3 cm³/mol. The molecule has 4 heteroatoms. The van der Waals surface area contributed by atoms with Crippen LogP contribution in [0.25, 0.3) is 0 Å². The second-order valence-electron chi connectivity index (χ2n) is 5.34. The van der Waals surface area contributed by atoms with Gasteiger partial charge < -0.3 is 0 Å². The fourth-order valence-corrected chi connectivity index (χ4v) is 3.44. The fraction of sp³-hybridized carbons (Fsp3) is 0.571. The van der Waals surface area contributed by atoms with Crippen LogP contribution < -0.4 is 10.6 Å². The highest BCUT2D eigenvalue weighted by Crippen LogP contribution is 2.26. The van der Waals surface area contributed by atoms with E-state index in [4.69, 9.17) is 23.2 Å². The largest absolute Gasteiger partial charge is 0.297 e. The van der Waals surface area contributed by atoms with Gasteiger partial charge in [0.05, 0.1) is 16.2 Å². The molecule has 1 saturated carbocycles. The van der Waals surface area contributed by atoms with E-state index >= 15 is 0 Å². The first-order chi connectivity index (χ1) is 8.72. The van der Waals surface area contributed by atoms with Crippen LogP contribution in [0, 0.1) is 0 Å². The third-order valence-corrected chi connectivity index (χ3v) is 4.76. The van der Waals surface area contributed by atoms with Gasteiger partial charge in [-0.2, -0.15) is 0 Å². The summed E-state index contributed by atoms with van der Waals surface area (Å²) in [6.07, 6.45) is 6.65. The van der Waals surface area contributed by atoms with Crippen molar-refractivity contribution in [3.63, 3.8) is 0 Å². The van der Waals surface area contributed by atoms with Crippen molar-refractivity contribution < 1.29 is 0 Å². The molecule has 3 rings (SSSR count). The van der Waals surface area contributed by atoms with Gasteiger partial charge in [0.2, 0.25) is 0 Å². The molecule has 1 aliphatic heterocycles. The molecule has 1 aromatic rings. The van der Waals surface area contributed by atoms with Crippen molar-refractivity contribution in [1.82, 2.24) is 10.6 Å². The van der Waals surface area contributed by atoms with Crippen molar-refractivity contribution in [2.45, 2.75) is 50.4 Å². The van der Waals surface area contributed by atoms with E-state index in [1.807, 2.05) is 12.1 Å². The van der Waals surface area contributed by atoms with E-state index in [1.54, 1.807) is 0 Å². The molecule has 2 nitrogen and oxygen atoms in total. The van der Waals surface area contributed by atoms with Crippen molar-refractivity contribution in [2.75, 3.05) is 0 Å². The van der Waals surface area contributed by atoms with E-state index < -0.39 is 0 Å². The van der Waals surface area contributed by atoms with Crippen molar-refractivity contribution in [2.24, 2.45) is 0 Å². The Morgan fingerprint density at radius 3 is 2.28 bits per heavy atom. The number of benzene rings is 1. The molecular formula is C14H18Cl2N2. The average Bonchev–Trinajstić information content (AvgIpc) is 2.76. The van der Waals surface area contributed by atoms with E-state index in [0.717, 1.165) is 6.42 Å². The Morgan fingerprint density at radius 1 is 1.00 bits per heavy atom. The zero-order valence-electron chi connectivity index (χ0n) is 10.3. The van der Waals surface area contributed by atoms with E-state index in [9.17, 15) is 0 Å². The molecular weight excluding hydrogens is 267 g/mol. The molecule has 1 aliphatic carbocycles. The lowest BCUT2D eigenvalue weighted by Crippen LogP contribution is -2.36.